The molecule has 0 radical (unpaired) electrons. The van der Waals surface area contributed by atoms with Gasteiger partial charge in [0.25, 0.3) is 0 Å². The summed E-state index contributed by atoms with van der Waals surface area (Å²) in [5.41, 5.74) is 0.726. The van der Waals surface area contributed by atoms with E-state index in [-0.39, 0.29) is 11.7 Å². The van der Waals surface area contributed by atoms with Crippen molar-refractivity contribution in [1.29, 1.82) is 0 Å². The van der Waals surface area contributed by atoms with Crippen LogP contribution in [-0.2, 0) is 11.3 Å². The van der Waals surface area contributed by atoms with Crippen LogP contribution in [0.1, 0.15) is 0 Å². The van der Waals surface area contributed by atoms with Gasteiger partial charge in [-0.2, -0.15) is 0 Å². The number of ether oxygens (including phenoxy) is 3. The number of anilines is 1. The van der Waals surface area contributed by atoms with E-state index in [4.69, 9.17) is 14.2 Å². The molecule has 1 N–H and O–H groups in total. The van der Waals surface area contributed by atoms with Crippen molar-refractivity contribution in [1.82, 2.24) is 19.7 Å². The number of nitrogens with zero attached hydrogens (tertiary/aromatic N) is 4. The Morgan fingerprint density at radius 3 is 2.47 bits per heavy atom. The minimum absolute atomic E-state index is 0.141. The minimum atomic E-state index is -0.202. The van der Waals surface area contributed by atoms with Gasteiger partial charge in [-0.15, -0.1) is 16.8 Å². The Bertz CT molecular complexity index is 1080. The molecule has 0 aliphatic heterocycles. The number of pyridine rings is 1. The van der Waals surface area contributed by atoms with Crippen LogP contribution in [-0.4, -0.2) is 52.7 Å². The quantitative estimate of drug-likeness (QED) is 0.316. The number of halogens is 1. The monoisotopic (exact) mass is 519 g/mol. The molecule has 0 aliphatic carbocycles. The first-order valence-corrected chi connectivity index (χ1v) is 11.2. The summed E-state index contributed by atoms with van der Waals surface area (Å²) in [6, 6.07) is 7.12. The molecule has 0 spiro atoms. The molecule has 0 saturated carbocycles. The predicted molar refractivity (Wildman–Crippen MR) is 127 cm³/mol. The average Bonchev–Trinajstić information content (AvgIpc) is 3.21. The van der Waals surface area contributed by atoms with Crippen LogP contribution in [0.2, 0.25) is 0 Å². The maximum atomic E-state index is 12.3. The Morgan fingerprint density at radius 1 is 1.19 bits per heavy atom. The molecule has 3 rings (SSSR count). The Morgan fingerprint density at radius 2 is 1.91 bits per heavy atom. The van der Waals surface area contributed by atoms with Gasteiger partial charge >= 0.3 is 0 Å². The van der Waals surface area contributed by atoms with Crippen LogP contribution >= 0.6 is 27.7 Å². The van der Waals surface area contributed by atoms with E-state index in [9.17, 15) is 4.79 Å². The summed E-state index contributed by atoms with van der Waals surface area (Å²) in [6.07, 6.45) is 3.36. The molecule has 3 aromatic rings. The molecule has 168 valence electrons. The zero-order valence-corrected chi connectivity index (χ0v) is 20.2. The average molecular weight is 520 g/mol. The SMILES string of the molecule is C=CCn1c(SCC(=O)Nc2ccc(Br)cn2)nnc1-c1cc(OC)c(OC)c(OC)c1. The molecule has 9 nitrogen and oxygen atoms in total. The molecular weight excluding hydrogens is 498 g/mol. The molecule has 0 atom stereocenters. The van der Waals surface area contributed by atoms with Gasteiger partial charge in [-0.05, 0) is 40.2 Å². The standard InChI is InChI=1S/C21H22BrN5O4S/c1-5-8-27-20(13-9-15(29-2)19(31-4)16(10-13)30-3)25-26-21(27)32-12-18(28)24-17-7-6-14(22)11-23-17/h5-7,9-11H,1,8,12H2,2-4H3,(H,23,24,28). The third-order valence-corrected chi connectivity index (χ3v) is 5.71. The Hall–Kier alpha value is -3.05. The van der Waals surface area contributed by atoms with E-state index in [0.717, 1.165) is 10.0 Å². The summed E-state index contributed by atoms with van der Waals surface area (Å²) >= 11 is 4.58. The van der Waals surface area contributed by atoms with Gasteiger partial charge in [-0.1, -0.05) is 17.8 Å². The normalized spacial score (nSPS) is 10.5. The summed E-state index contributed by atoms with van der Waals surface area (Å²) in [4.78, 5) is 16.5. The van der Waals surface area contributed by atoms with Crippen LogP contribution in [0.4, 0.5) is 5.82 Å². The second-order valence-electron chi connectivity index (χ2n) is 6.32. The second-order valence-corrected chi connectivity index (χ2v) is 8.18. The fourth-order valence-electron chi connectivity index (χ4n) is 2.87. The smallest absolute Gasteiger partial charge is 0.236 e. The molecule has 1 aromatic carbocycles. The molecule has 2 aromatic heterocycles. The highest BCUT2D eigenvalue weighted by molar-refractivity contribution is 9.10. The highest BCUT2D eigenvalue weighted by Crippen LogP contribution is 2.41. The minimum Gasteiger partial charge on any atom is -0.493 e. The van der Waals surface area contributed by atoms with Gasteiger partial charge in [0, 0.05) is 22.8 Å². The van der Waals surface area contributed by atoms with E-state index < -0.39 is 0 Å². The van der Waals surface area contributed by atoms with Crippen molar-refractivity contribution < 1.29 is 19.0 Å². The van der Waals surface area contributed by atoms with Crippen LogP contribution in [0.25, 0.3) is 11.4 Å². The molecule has 0 unspecified atom stereocenters. The van der Waals surface area contributed by atoms with Crippen molar-refractivity contribution in [2.75, 3.05) is 32.4 Å². The third kappa shape index (κ3) is 5.40. The number of carbonyl (C=O) groups is 1. The van der Waals surface area contributed by atoms with Gasteiger partial charge in [0.2, 0.25) is 11.7 Å². The fourth-order valence-corrected chi connectivity index (χ4v) is 3.85. The van der Waals surface area contributed by atoms with Gasteiger partial charge < -0.3 is 19.5 Å². The van der Waals surface area contributed by atoms with E-state index in [1.807, 2.05) is 4.57 Å². The lowest BCUT2D eigenvalue weighted by molar-refractivity contribution is -0.113. The largest absolute Gasteiger partial charge is 0.493 e. The molecule has 1 amide bonds. The van der Waals surface area contributed by atoms with E-state index >= 15 is 0 Å². The number of amides is 1. The topological polar surface area (TPSA) is 100 Å². The van der Waals surface area contributed by atoms with Gasteiger partial charge in [-0.25, -0.2) is 4.98 Å². The van der Waals surface area contributed by atoms with Gasteiger partial charge in [0.05, 0.1) is 27.1 Å². The molecule has 0 fully saturated rings. The number of nitrogens with one attached hydrogen (secondary N) is 1. The lowest BCUT2D eigenvalue weighted by Crippen LogP contribution is -2.15. The van der Waals surface area contributed by atoms with Crippen LogP contribution in [0, 0.1) is 0 Å². The number of allylic oxidation sites excluding steroid dienone is 1. The molecule has 0 bridgehead atoms. The van der Waals surface area contributed by atoms with E-state index in [2.05, 4.69) is 43.0 Å². The first kappa shape index (κ1) is 23.6. The van der Waals surface area contributed by atoms with Crippen molar-refractivity contribution in [2.24, 2.45) is 0 Å². The van der Waals surface area contributed by atoms with Crippen molar-refractivity contribution in [2.45, 2.75) is 11.7 Å². The first-order chi connectivity index (χ1) is 15.5. The number of aromatic nitrogens is 4. The van der Waals surface area contributed by atoms with Gasteiger partial charge in [0.15, 0.2) is 22.5 Å². The lowest BCUT2D eigenvalue weighted by atomic mass is 10.1. The number of thioether (sulfide) groups is 1. The summed E-state index contributed by atoms with van der Waals surface area (Å²) in [5, 5.41) is 11.9. The lowest BCUT2D eigenvalue weighted by Gasteiger charge is -2.14. The number of methoxy groups -OCH3 is 3. The van der Waals surface area contributed by atoms with Crippen molar-refractivity contribution in [3.8, 4) is 28.6 Å². The zero-order valence-electron chi connectivity index (χ0n) is 17.8. The molecule has 11 heteroatoms. The third-order valence-electron chi connectivity index (χ3n) is 4.28. The van der Waals surface area contributed by atoms with Crippen molar-refractivity contribution >= 4 is 39.4 Å². The Balaban J connectivity index is 1.83. The zero-order chi connectivity index (χ0) is 23.1. The van der Waals surface area contributed by atoms with Crippen LogP contribution < -0.4 is 19.5 Å². The van der Waals surface area contributed by atoms with E-state index in [1.165, 1.54) is 11.8 Å². The van der Waals surface area contributed by atoms with Gasteiger partial charge in [-0.3, -0.25) is 9.36 Å². The van der Waals surface area contributed by atoms with Crippen LogP contribution in [0.5, 0.6) is 17.2 Å². The summed E-state index contributed by atoms with van der Waals surface area (Å²) in [5.74, 6) is 2.50. The van der Waals surface area contributed by atoms with Crippen molar-refractivity contribution in [3.63, 3.8) is 0 Å². The molecule has 32 heavy (non-hydrogen) atoms. The molecule has 0 saturated heterocycles. The van der Waals surface area contributed by atoms with Crippen LogP contribution in [0.15, 0.2) is 52.7 Å². The summed E-state index contributed by atoms with van der Waals surface area (Å²) in [7, 11) is 4.65. The molecule has 0 aliphatic rings. The number of hydrogen-bond donors (Lipinski definition) is 1. The van der Waals surface area contributed by atoms with E-state index in [0.29, 0.717) is 40.6 Å². The molecular formula is C21H22BrN5O4S. The number of benzene rings is 1. The fraction of sp³-hybridized carbons (Fsp3) is 0.238. The Labute approximate surface area is 198 Å². The predicted octanol–water partition coefficient (Wildman–Crippen LogP) is 4.05. The molecule has 2 heterocycles. The highest BCUT2D eigenvalue weighted by atomic mass is 79.9. The highest BCUT2D eigenvalue weighted by Gasteiger charge is 2.20. The van der Waals surface area contributed by atoms with Gasteiger partial charge in [0.1, 0.15) is 5.82 Å². The summed E-state index contributed by atoms with van der Waals surface area (Å²) in [6.45, 7) is 4.27. The maximum absolute atomic E-state index is 12.3. The number of carbonyl (C=O) groups excluding carboxylic acids is 1. The van der Waals surface area contributed by atoms with Crippen LogP contribution in [0.3, 0.4) is 0 Å². The van der Waals surface area contributed by atoms with E-state index in [1.54, 1.807) is 57.9 Å². The second kappa shape index (κ2) is 11.0. The first-order valence-electron chi connectivity index (χ1n) is 9.39. The Kier molecular flexibility index (Phi) is 8.12. The maximum Gasteiger partial charge on any atom is 0.236 e. The summed E-state index contributed by atoms with van der Waals surface area (Å²) < 4.78 is 19.0. The number of rotatable bonds is 10. The number of hydrogen-bond acceptors (Lipinski definition) is 8. The van der Waals surface area contributed by atoms with Crippen molar-refractivity contribution in [3.05, 3.63) is 47.6 Å².